The first kappa shape index (κ1) is 13.4. The molecule has 96 valence electrons. The van der Waals surface area contributed by atoms with Crippen LogP contribution < -0.4 is 21.9 Å². The van der Waals surface area contributed by atoms with E-state index >= 15 is 0 Å². The third-order valence-electron chi connectivity index (χ3n) is 2.72. The third-order valence-corrected chi connectivity index (χ3v) is 3.52. The average Bonchev–Trinajstić information content (AvgIpc) is 2.77. The van der Waals surface area contributed by atoms with E-state index in [1.807, 2.05) is 12.1 Å². The van der Waals surface area contributed by atoms with Crippen LogP contribution in [0.15, 0.2) is 28.7 Å². The first-order valence-corrected chi connectivity index (χ1v) is 6.62. The molecule has 2 atom stereocenters. The van der Waals surface area contributed by atoms with E-state index in [2.05, 4.69) is 32.1 Å². The molecule has 1 aliphatic heterocycles. The molecule has 2 unspecified atom stereocenters. The highest BCUT2D eigenvalue weighted by molar-refractivity contribution is 9.10. The van der Waals surface area contributed by atoms with Crippen LogP contribution in [-0.2, 0) is 0 Å². The summed E-state index contributed by atoms with van der Waals surface area (Å²) < 4.78 is 0.860. The van der Waals surface area contributed by atoms with Gasteiger partial charge < -0.3 is 11.1 Å². The van der Waals surface area contributed by atoms with Gasteiger partial charge in [-0.3, -0.25) is 10.2 Å². The lowest BCUT2D eigenvalue weighted by Crippen LogP contribution is -2.49. The summed E-state index contributed by atoms with van der Waals surface area (Å²) in [7, 11) is 0. The van der Waals surface area contributed by atoms with Gasteiger partial charge in [0.05, 0.1) is 10.9 Å². The van der Waals surface area contributed by atoms with E-state index in [0.717, 1.165) is 4.47 Å². The van der Waals surface area contributed by atoms with Crippen molar-refractivity contribution in [3.05, 3.63) is 34.3 Å². The van der Waals surface area contributed by atoms with Gasteiger partial charge in [-0.25, -0.2) is 5.43 Å². The predicted molar refractivity (Wildman–Crippen MR) is 76.8 cm³/mol. The van der Waals surface area contributed by atoms with Crippen LogP contribution >= 0.6 is 28.1 Å². The molecule has 1 aromatic rings. The highest BCUT2D eigenvalue weighted by Gasteiger charge is 2.30. The minimum absolute atomic E-state index is 0.0869. The number of hydrogen-bond donors (Lipinski definition) is 4. The zero-order chi connectivity index (χ0) is 13.1. The number of thiocarbonyl (C=S) groups is 1. The lowest BCUT2D eigenvalue weighted by atomic mass is 10.1. The Labute approximate surface area is 119 Å². The second-order valence-corrected chi connectivity index (χ2v) is 5.38. The van der Waals surface area contributed by atoms with E-state index in [1.54, 1.807) is 12.1 Å². The van der Waals surface area contributed by atoms with Crippen molar-refractivity contribution in [2.75, 3.05) is 6.54 Å². The van der Waals surface area contributed by atoms with Gasteiger partial charge in [0.1, 0.15) is 6.17 Å². The molecule has 0 saturated carbocycles. The SMILES string of the molecule is NC(=S)C1CNNC1NC(=O)c1cccc(Br)c1. The highest BCUT2D eigenvalue weighted by atomic mass is 79.9. The number of rotatable bonds is 3. The fourth-order valence-corrected chi connectivity index (χ4v) is 2.37. The number of halogens is 1. The summed E-state index contributed by atoms with van der Waals surface area (Å²) in [5, 5.41) is 2.85. The number of benzene rings is 1. The van der Waals surface area contributed by atoms with Crippen LogP contribution in [0.2, 0.25) is 0 Å². The smallest absolute Gasteiger partial charge is 0.252 e. The maximum Gasteiger partial charge on any atom is 0.252 e. The molecule has 2 rings (SSSR count). The molecule has 1 amide bonds. The molecule has 1 aromatic carbocycles. The van der Waals surface area contributed by atoms with E-state index in [-0.39, 0.29) is 18.0 Å². The van der Waals surface area contributed by atoms with Gasteiger partial charge in [-0.05, 0) is 18.2 Å². The van der Waals surface area contributed by atoms with Crippen LogP contribution in [-0.4, -0.2) is 23.6 Å². The van der Waals surface area contributed by atoms with Crippen molar-refractivity contribution in [1.29, 1.82) is 0 Å². The molecule has 1 aliphatic rings. The molecule has 0 radical (unpaired) electrons. The largest absolute Gasteiger partial charge is 0.393 e. The third kappa shape index (κ3) is 3.05. The topological polar surface area (TPSA) is 79.2 Å². The van der Waals surface area contributed by atoms with Gasteiger partial charge in [-0.1, -0.05) is 34.2 Å². The molecule has 1 heterocycles. The zero-order valence-corrected chi connectivity index (χ0v) is 11.8. The van der Waals surface area contributed by atoms with Gasteiger partial charge in [0.25, 0.3) is 5.91 Å². The standard InChI is InChI=1S/C11H13BrN4OS/c12-7-3-1-2-6(4-7)11(17)15-10-8(9(13)18)5-14-16-10/h1-4,8,10,14,16H,5H2,(H2,13,18)(H,15,17). The Balaban J connectivity index is 2.05. The van der Waals surface area contributed by atoms with E-state index in [4.69, 9.17) is 18.0 Å². The zero-order valence-electron chi connectivity index (χ0n) is 9.44. The maximum absolute atomic E-state index is 12.0. The average molecular weight is 329 g/mol. The van der Waals surface area contributed by atoms with Gasteiger partial charge >= 0.3 is 0 Å². The predicted octanol–water partition coefficient (Wildman–Crippen LogP) is 0.515. The fourth-order valence-electron chi connectivity index (χ4n) is 1.75. The van der Waals surface area contributed by atoms with Crippen molar-refractivity contribution in [3.8, 4) is 0 Å². The van der Waals surface area contributed by atoms with Crippen molar-refractivity contribution >= 4 is 39.0 Å². The Hall–Kier alpha value is -1.02. The summed E-state index contributed by atoms with van der Waals surface area (Å²) in [6.45, 7) is 0.610. The lowest BCUT2D eigenvalue weighted by molar-refractivity contribution is 0.0928. The number of hydrogen-bond acceptors (Lipinski definition) is 4. The number of nitrogens with two attached hydrogens (primary N) is 1. The number of carbonyl (C=O) groups excluding carboxylic acids is 1. The van der Waals surface area contributed by atoms with Crippen molar-refractivity contribution in [1.82, 2.24) is 16.2 Å². The van der Waals surface area contributed by atoms with Gasteiger partial charge in [0.15, 0.2) is 0 Å². The Kier molecular flexibility index (Phi) is 4.28. The van der Waals surface area contributed by atoms with Crippen LogP contribution in [0.25, 0.3) is 0 Å². The fraction of sp³-hybridized carbons (Fsp3) is 0.273. The van der Waals surface area contributed by atoms with Gasteiger partial charge in [0, 0.05) is 16.6 Å². The number of carbonyl (C=O) groups is 1. The van der Waals surface area contributed by atoms with Gasteiger partial charge in [0.2, 0.25) is 0 Å². The molecule has 1 fully saturated rings. The van der Waals surface area contributed by atoms with Crippen molar-refractivity contribution in [3.63, 3.8) is 0 Å². The Bertz CT molecular complexity index is 482. The molecule has 0 spiro atoms. The summed E-state index contributed by atoms with van der Waals surface area (Å²) >= 11 is 8.29. The van der Waals surface area contributed by atoms with Crippen LogP contribution in [0.5, 0.6) is 0 Å². The Morgan fingerprint density at radius 2 is 2.33 bits per heavy atom. The molecule has 0 aliphatic carbocycles. The van der Waals surface area contributed by atoms with Gasteiger partial charge in [-0.15, -0.1) is 0 Å². The van der Waals surface area contributed by atoms with Crippen molar-refractivity contribution in [2.45, 2.75) is 6.17 Å². The highest BCUT2D eigenvalue weighted by Crippen LogP contribution is 2.12. The molecule has 0 bridgehead atoms. The summed E-state index contributed by atoms with van der Waals surface area (Å²) in [4.78, 5) is 12.4. The van der Waals surface area contributed by atoms with E-state index in [9.17, 15) is 4.79 Å². The summed E-state index contributed by atoms with van der Waals surface area (Å²) in [5.74, 6) is -0.255. The number of hydrazine groups is 1. The van der Waals surface area contributed by atoms with Crippen LogP contribution in [0, 0.1) is 5.92 Å². The van der Waals surface area contributed by atoms with E-state index in [1.165, 1.54) is 0 Å². The second kappa shape index (κ2) is 5.75. The Morgan fingerprint density at radius 3 is 3.00 bits per heavy atom. The summed E-state index contributed by atoms with van der Waals surface area (Å²) in [6, 6.07) is 7.18. The first-order chi connectivity index (χ1) is 8.58. The molecule has 0 aromatic heterocycles. The molecule has 5 N–H and O–H groups in total. The minimum Gasteiger partial charge on any atom is -0.393 e. The number of amides is 1. The normalized spacial score (nSPS) is 22.7. The minimum atomic E-state index is -0.283. The lowest BCUT2D eigenvalue weighted by Gasteiger charge is -2.18. The quantitative estimate of drug-likeness (QED) is 0.608. The van der Waals surface area contributed by atoms with Crippen LogP contribution in [0.3, 0.4) is 0 Å². The summed E-state index contributed by atoms with van der Waals surface area (Å²) in [5.41, 5.74) is 12.1. The molecule has 18 heavy (non-hydrogen) atoms. The molecule has 7 heteroatoms. The first-order valence-electron chi connectivity index (χ1n) is 5.42. The molecule has 1 saturated heterocycles. The van der Waals surface area contributed by atoms with Crippen LogP contribution in [0.1, 0.15) is 10.4 Å². The summed E-state index contributed by atoms with van der Waals surface area (Å²) in [6.07, 6.45) is -0.283. The molecular formula is C11H13BrN4OS. The maximum atomic E-state index is 12.0. The van der Waals surface area contributed by atoms with E-state index in [0.29, 0.717) is 17.1 Å². The number of nitrogens with one attached hydrogen (secondary N) is 3. The van der Waals surface area contributed by atoms with Crippen LogP contribution in [0.4, 0.5) is 0 Å². The monoisotopic (exact) mass is 328 g/mol. The molecule has 5 nitrogen and oxygen atoms in total. The van der Waals surface area contributed by atoms with Crippen molar-refractivity contribution in [2.24, 2.45) is 11.7 Å². The Morgan fingerprint density at radius 1 is 1.56 bits per heavy atom. The molecular weight excluding hydrogens is 316 g/mol. The second-order valence-electron chi connectivity index (χ2n) is 4.00. The van der Waals surface area contributed by atoms with Gasteiger partial charge in [-0.2, -0.15) is 0 Å². The van der Waals surface area contributed by atoms with Crippen molar-refractivity contribution < 1.29 is 4.79 Å². The van der Waals surface area contributed by atoms with E-state index < -0.39 is 0 Å².